The zero-order chi connectivity index (χ0) is 23.1. The molecule has 0 amide bonds. The molecule has 3 rings (SSSR count). The fraction of sp³-hybridized carbons (Fsp3) is 0.400. The van der Waals surface area contributed by atoms with Crippen LogP contribution in [-0.2, 0) is 19.0 Å². The second-order valence-corrected chi connectivity index (χ2v) is 8.63. The van der Waals surface area contributed by atoms with Crippen LogP contribution in [0.25, 0.3) is 0 Å². The minimum atomic E-state index is -0.131. The number of hydrogen-bond acceptors (Lipinski definition) is 4. The summed E-state index contributed by atoms with van der Waals surface area (Å²) in [5, 5.41) is 15.4. The normalized spacial score (nSPS) is 13.0. The molecule has 0 saturated heterocycles. The van der Waals surface area contributed by atoms with Gasteiger partial charge >= 0.3 is 0 Å². The van der Waals surface area contributed by atoms with Crippen molar-refractivity contribution in [1.82, 2.24) is 25.4 Å². The van der Waals surface area contributed by atoms with Gasteiger partial charge in [-0.1, -0.05) is 56.3 Å². The van der Waals surface area contributed by atoms with Crippen LogP contribution in [0.15, 0.2) is 59.6 Å². The molecule has 0 bridgehead atoms. The summed E-state index contributed by atoms with van der Waals surface area (Å²) in [5.74, 6) is 3.29. The number of nitrogens with one attached hydrogen (secondary N) is 2. The molecule has 1 aromatic heterocycles. The molecule has 0 radical (unpaired) electrons. The van der Waals surface area contributed by atoms with Crippen LogP contribution in [0.2, 0.25) is 0 Å². The number of rotatable bonds is 8. The molecule has 0 aliphatic heterocycles. The van der Waals surface area contributed by atoms with Gasteiger partial charge in [0.25, 0.3) is 0 Å². The summed E-state index contributed by atoms with van der Waals surface area (Å²) in [4.78, 5) is 4.81. The quantitative estimate of drug-likeness (QED) is 0.415. The van der Waals surface area contributed by atoms with E-state index in [0.29, 0.717) is 13.1 Å². The minimum absolute atomic E-state index is 0.101. The summed E-state index contributed by atoms with van der Waals surface area (Å²) >= 11 is 0. The second-order valence-electron chi connectivity index (χ2n) is 8.63. The maximum Gasteiger partial charge on any atom is 0.192 e. The second kappa shape index (κ2) is 10.3. The number of hydrogen-bond donors (Lipinski definition) is 2. The molecule has 1 heterocycles. The molecule has 0 aliphatic rings. The summed E-state index contributed by atoms with van der Waals surface area (Å²) < 4.78 is 7.37. The lowest BCUT2D eigenvalue weighted by molar-refractivity contribution is 0.411. The molecule has 170 valence electrons. The lowest BCUT2D eigenvalue weighted by Gasteiger charge is -2.28. The van der Waals surface area contributed by atoms with Crippen molar-refractivity contribution in [3.8, 4) is 5.75 Å². The maximum atomic E-state index is 5.41. The van der Waals surface area contributed by atoms with Crippen LogP contribution in [-0.4, -0.2) is 34.4 Å². The molecule has 0 fully saturated rings. The zero-order valence-electron chi connectivity index (χ0n) is 19.9. The van der Waals surface area contributed by atoms with Gasteiger partial charge in [-0.2, -0.15) is 0 Å². The standard InChI is InChI=1S/C25H34N6O/c1-18(20-11-8-7-9-12-20)28-24(26-16-23-30-29-19(2)31(23)5)27-17-25(3,4)21-13-10-14-22(15-21)32-6/h7-15,18H,16-17H2,1-6H3,(H2,26,27,28). The van der Waals surface area contributed by atoms with Crippen molar-refractivity contribution in [2.75, 3.05) is 13.7 Å². The third kappa shape index (κ3) is 5.87. The number of guanidine groups is 1. The van der Waals surface area contributed by atoms with Crippen LogP contribution in [0.3, 0.4) is 0 Å². The molecule has 7 nitrogen and oxygen atoms in total. The Morgan fingerprint density at radius 1 is 1.12 bits per heavy atom. The molecule has 0 aliphatic carbocycles. The predicted octanol–water partition coefficient (Wildman–Crippen LogP) is 3.91. The van der Waals surface area contributed by atoms with E-state index in [1.807, 2.05) is 48.9 Å². The summed E-state index contributed by atoms with van der Waals surface area (Å²) in [5.41, 5.74) is 2.27. The Morgan fingerprint density at radius 3 is 2.53 bits per heavy atom. The average Bonchev–Trinajstić information content (AvgIpc) is 3.13. The third-order valence-corrected chi connectivity index (χ3v) is 5.76. The van der Waals surface area contributed by atoms with Gasteiger partial charge in [0, 0.05) is 19.0 Å². The van der Waals surface area contributed by atoms with Gasteiger partial charge in [0.15, 0.2) is 11.8 Å². The molecule has 3 aromatic rings. The maximum absolute atomic E-state index is 5.41. The molecular formula is C25H34N6O. The van der Waals surface area contributed by atoms with Crippen molar-refractivity contribution in [2.24, 2.45) is 12.0 Å². The number of ether oxygens (including phenoxy) is 1. The van der Waals surface area contributed by atoms with Crippen LogP contribution in [0.1, 0.15) is 49.6 Å². The Bertz CT molecular complexity index is 1040. The topological polar surface area (TPSA) is 76.4 Å². The summed E-state index contributed by atoms with van der Waals surface area (Å²) in [6, 6.07) is 18.6. The molecule has 2 aromatic carbocycles. The van der Waals surface area contributed by atoms with Crippen LogP contribution < -0.4 is 15.4 Å². The third-order valence-electron chi connectivity index (χ3n) is 5.76. The van der Waals surface area contributed by atoms with Crippen LogP contribution in [0, 0.1) is 6.92 Å². The molecule has 2 N–H and O–H groups in total. The van der Waals surface area contributed by atoms with Gasteiger partial charge in [0.05, 0.1) is 13.2 Å². The molecular weight excluding hydrogens is 400 g/mol. The van der Waals surface area contributed by atoms with E-state index in [1.165, 1.54) is 11.1 Å². The molecule has 7 heteroatoms. The highest BCUT2D eigenvalue weighted by Gasteiger charge is 2.22. The predicted molar refractivity (Wildman–Crippen MR) is 129 cm³/mol. The Balaban J connectivity index is 1.77. The number of nitrogens with zero attached hydrogens (tertiary/aromatic N) is 4. The van der Waals surface area contributed by atoms with Gasteiger partial charge in [-0.05, 0) is 37.1 Å². The summed E-state index contributed by atoms with van der Waals surface area (Å²) in [6.45, 7) is 9.62. The van der Waals surface area contributed by atoms with Gasteiger partial charge in [-0.25, -0.2) is 4.99 Å². The number of aromatic nitrogens is 3. The van der Waals surface area contributed by atoms with Gasteiger partial charge < -0.3 is 19.9 Å². The first-order chi connectivity index (χ1) is 15.3. The molecule has 0 spiro atoms. The van der Waals surface area contributed by atoms with E-state index in [4.69, 9.17) is 9.73 Å². The van der Waals surface area contributed by atoms with E-state index in [0.717, 1.165) is 23.4 Å². The monoisotopic (exact) mass is 434 g/mol. The smallest absolute Gasteiger partial charge is 0.192 e. The first kappa shape index (κ1) is 23.3. The fourth-order valence-electron chi connectivity index (χ4n) is 3.37. The Morgan fingerprint density at radius 2 is 1.88 bits per heavy atom. The fourth-order valence-corrected chi connectivity index (χ4v) is 3.37. The van der Waals surface area contributed by atoms with Crippen molar-refractivity contribution >= 4 is 5.96 Å². The largest absolute Gasteiger partial charge is 0.497 e. The van der Waals surface area contributed by atoms with E-state index in [2.05, 4.69) is 65.9 Å². The molecule has 0 saturated carbocycles. The van der Waals surface area contributed by atoms with Crippen molar-refractivity contribution in [1.29, 1.82) is 0 Å². The van der Waals surface area contributed by atoms with E-state index >= 15 is 0 Å². The van der Waals surface area contributed by atoms with Crippen LogP contribution in [0.5, 0.6) is 5.75 Å². The highest BCUT2D eigenvalue weighted by Crippen LogP contribution is 2.25. The summed E-state index contributed by atoms with van der Waals surface area (Å²) in [7, 11) is 3.65. The Labute approximate surface area is 190 Å². The van der Waals surface area contributed by atoms with Gasteiger partial charge in [0.2, 0.25) is 0 Å². The Kier molecular flexibility index (Phi) is 7.51. The van der Waals surface area contributed by atoms with Crippen LogP contribution in [0.4, 0.5) is 0 Å². The van der Waals surface area contributed by atoms with E-state index in [1.54, 1.807) is 7.11 Å². The number of aliphatic imine (C=N–C) groups is 1. The number of aryl methyl sites for hydroxylation is 1. The van der Waals surface area contributed by atoms with E-state index < -0.39 is 0 Å². The molecule has 1 unspecified atom stereocenters. The highest BCUT2D eigenvalue weighted by atomic mass is 16.5. The minimum Gasteiger partial charge on any atom is -0.497 e. The van der Waals surface area contributed by atoms with E-state index in [9.17, 15) is 0 Å². The lowest BCUT2D eigenvalue weighted by Crippen LogP contribution is -2.44. The van der Waals surface area contributed by atoms with Crippen molar-refractivity contribution in [3.63, 3.8) is 0 Å². The SMILES string of the molecule is COc1cccc(C(C)(C)CNC(=NCc2nnc(C)n2C)NC(C)c2ccccc2)c1. The number of methoxy groups -OCH3 is 1. The Hall–Kier alpha value is -3.35. The first-order valence-corrected chi connectivity index (χ1v) is 10.9. The van der Waals surface area contributed by atoms with Crippen molar-refractivity contribution in [2.45, 2.75) is 45.7 Å². The number of benzene rings is 2. The van der Waals surface area contributed by atoms with Crippen molar-refractivity contribution in [3.05, 3.63) is 77.4 Å². The van der Waals surface area contributed by atoms with Gasteiger partial charge in [0.1, 0.15) is 18.1 Å². The van der Waals surface area contributed by atoms with Gasteiger partial charge in [-0.3, -0.25) is 0 Å². The van der Waals surface area contributed by atoms with Crippen molar-refractivity contribution < 1.29 is 4.74 Å². The lowest BCUT2D eigenvalue weighted by atomic mass is 9.84. The molecule has 1 atom stereocenters. The summed E-state index contributed by atoms with van der Waals surface area (Å²) in [6.07, 6.45) is 0. The van der Waals surface area contributed by atoms with Gasteiger partial charge in [-0.15, -0.1) is 10.2 Å². The van der Waals surface area contributed by atoms with Crippen LogP contribution >= 0.6 is 0 Å². The first-order valence-electron chi connectivity index (χ1n) is 10.9. The van der Waals surface area contributed by atoms with E-state index in [-0.39, 0.29) is 11.5 Å². The highest BCUT2D eigenvalue weighted by molar-refractivity contribution is 5.80. The average molecular weight is 435 g/mol. The molecule has 32 heavy (non-hydrogen) atoms. The zero-order valence-corrected chi connectivity index (χ0v) is 19.9.